The molecule has 1 unspecified atom stereocenters. The smallest absolute Gasteiger partial charge is 0.0637 e. The lowest BCUT2D eigenvalue weighted by molar-refractivity contribution is 0.00612. The Morgan fingerprint density at radius 3 is 2.20 bits per heavy atom. The summed E-state index contributed by atoms with van der Waals surface area (Å²) in [6.07, 6.45) is 3.62. The van der Waals surface area contributed by atoms with Gasteiger partial charge < -0.3 is 10.1 Å². The molecule has 0 heterocycles. The molecule has 0 rings (SSSR count). The molecule has 0 aliphatic heterocycles. The zero-order valence-electron chi connectivity index (χ0n) is 11.4. The molecule has 0 saturated carbocycles. The highest BCUT2D eigenvalue weighted by atomic mass is 16.5. The van der Waals surface area contributed by atoms with Gasteiger partial charge in [0.1, 0.15) is 0 Å². The van der Waals surface area contributed by atoms with Gasteiger partial charge in [-0.15, -0.1) is 0 Å². The summed E-state index contributed by atoms with van der Waals surface area (Å²) in [7, 11) is 1.80. The number of hydrogen-bond donors (Lipinski definition) is 1. The van der Waals surface area contributed by atoms with E-state index >= 15 is 0 Å². The van der Waals surface area contributed by atoms with Gasteiger partial charge in [-0.25, -0.2) is 0 Å². The summed E-state index contributed by atoms with van der Waals surface area (Å²) >= 11 is 0. The minimum absolute atomic E-state index is 0.0101. The molecule has 0 spiro atoms. The molecule has 0 radical (unpaired) electrons. The summed E-state index contributed by atoms with van der Waals surface area (Å²) in [5, 5.41) is 3.55. The predicted octanol–water partition coefficient (Wildman–Crippen LogP) is 3.22. The Hall–Kier alpha value is -0.0800. The van der Waals surface area contributed by atoms with Crippen LogP contribution in [0.4, 0.5) is 0 Å². The van der Waals surface area contributed by atoms with Gasteiger partial charge in [-0.3, -0.25) is 0 Å². The maximum absolute atomic E-state index is 5.48. The molecule has 0 aromatic carbocycles. The molecule has 0 aliphatic carbocycles. The van der Waals surface area contributed by atoms with Crippen molar-refractivity contribution in [2.45, 2.75) is 65.5 Å². The standard InChI is InChI=1S/C13H29NO/c1-7-14-12(9-8-11(2)3)10-13(4,5)15-6/h11-12,14H,7-10H2,1-6H3. The van der Waals surface area contributed by atoms with Gasteiger partial charge in [0.25, 0.3) is 0 Å². The monoisotopic (exact) mass is 215 g/mol. The Kier molecular flexibility index (Phi) is 7.20. The number of methoxy groups -OCH3 is 1. The maximum atomic E-state index is 5.48. The second-order valence-corrected chi connectivity index (χ2v) is 5.39. The van der Waals surface area contributed by atoms with E-state index in [4.69, 9.17) is 4.74 Å². The normalized spacial score (nSPS) is 14.6. The average Bonchev–Trinajstić information content (AvgIpc) is 2.14. The minimum Gasteiger partial charge on any atom is -0.379 e. The van der Waals surface area contributed by atoms with E-state index in [1.165, 1.54) is 12.8 Å². The molecule has 1 atom stereocenters. The van der Waals surface area contributed by atoms with Gasteiger partial charge in [-0.1, -0.05) is 20.8 Å². The molecule has 0 bridgehead atoms. The van der Waals surface area contributed by atoms with E-state index in [0.717, 1.165) is 18.9 Å². The Balaban J connectivity index is 4.03. The van der Waals surface area contributed by atoms with Gasteiger partial charge in [-0.2, -0.15) is 0 Å². The van der Waals surface area contributed by atoms with Crippen LogP contribution in [0.5, 0.6) is 0 Å². The van der Waals surface area contributed by atoms with Gasteiger partial charge in [0.05, 0.1) is 5.60 Å². The van der Waals surface area contributed by atoms with Gasteiger partial charge in [-0.05, 0) is 45.6 Å². The average molecular weight is 215 g/mol. The Morgan fingerprint density at radius 2 is 1.80 bits per heavy atom. The first-order valence-electron chi connectivity index (χ1n) is 6.19. The second kappa shape index (κ2) is 7.24. The molecule has 2 heteroatoms. The van der Waals surface area contributed by atoms with Crippen LogP contribution in [0.25, 0.3) is 0 Å². The summed E-state index contributed by atoms with van der Waals surface area (Å²) in [6, 6.07) is 0.590. The molecule has 92 valence electrons. The molecule has 0 aliphatic rings. The van der Waals surface area contributed by atoms with E-state index in [2.05, 4.69) is 39.9 Å². The fourth-order valence-corrected chi connectivity index (χ4v) is 1.78. The highest BCUT2D eigenvalue weighted by molar-refractivity contribution is 4.78. The van der Waals surface area contributed by atoms with Crippen LogP contribution in [0, 0.1) is 5.92 Å². The highest BCUT2D eigenvalue weighted by Crippen LogP contribution is 2.19. The number of hydrogen-bond acceptors (Lipinski definition) is 2. The first kappa shape index (κ1) is 14.9. The van der Waals surface area contributed by atoms with E-state index in [9.17, 15) is 0 Å². The molecule has 15 heavy (non-hydrogen) atoms. The third kappa shape index (κ3) is 7.80. The summed E-state index contributed by atoms with van der Waals surface area (Å²) in [5.74, 6) is 0.789. The van der Waals surface area contributed by atoms with Crippen LogP contribution in [0.15, 0.2) is 0 Å². The zero-order valence-corrected chi connectivity index (χ0v) is 11.4. The van der Waals surface area contributed by atoms with Crippen molar-refractivity contribution in [1.82, 2.24) is 5.32 Å². The highest BCUT2D eigenvalue weighted by Gasteiger charge is 2.22. The third-order valence-electron chi connectivity index (χ3n) is 2.88. The molecule has 0 aromatic rings. The molecule has 0 saturated heterocycles. The van der Waals surface area contributed by atoms with Crippen LogP contribution >= 0.6 is 0 Å². The molecular formula is C13H29NO. The Labute approximate surface area is 95.8 Å². The van der Waals surface area contributed by atoms with Crippen LogP contribution in [-0.2, 0) is 4.74 Å². The summed E-state index contributed by atoms with van der Waals surface area (Å²) < 4.78 is 5.48. The Bertz CT molecular complexity index is 155. The van der Waals surface area contributed by atoms with Crippen LogP contribution in [0.2, 0.25) is 0 Å². The minimum atomic E-state index is -0.0101. The van der Waals surface area contributed by atoms with Gasteiger partial charge in [0.15, 0.2) is 0 Å². The van der Waals surface area contributed by atoms with Crippen LogP contribution in [0.3, 0.4) is 0 Å². The van der Waals surface area contributed by atoms with Gasteiger partial charge in [0.2, 0.25) is 0 Å². The summed E-state index contributed by atoms with van der Waals surface area (Å²) in [5.41, 5.74) is -0.0101. The first-order chi connectivity index (χ1) is 6.91. The predicted molar refractivity (Wildman–Crippen MR) is 67.2 cm³/mol. The van der Waals surface area contributed by atoms with E-state index in [-0.39, 0.29) is 5.60 Å². The van der Waals surface area contributed by atoms with Crippen molar-refractivity contribution >= 4 is 0 Å². The van der Waals surface area contributed by atoms with Crippen molar-refractivity contribution in [2.24, 2.45) is 5.92 Å². The van der Waals surface area contributed by atoms with E-state index in [0.29, 0.717) is 6.04 Å². The van der Waals surface area contributed by atoms with Crippen molar-refractivity contribution in [2.75, 3.05) is 13.7 Å². The molecule has 2 nitrogen and oxygen atoms in total. The maximum Gasteiger partial charge on any atom is 0.0637 e. The van der Waals surface area contributed by atoms with Gasteiger partial charge in [0, 0.05) is 13.2 Å². The summed E-state index contributed by atoms with van der Waals surface area (Å²) in [6.45, 7) is 12.1. The van der Waals surface area contributed by atoms with E-state index in [1.54, 1.807) is 7.11 Å². The lowest BCUT2D eigenvalue weighted by atomic mass is 9.93. The largest absolute Gasteiger partial charge is 0.379 e. The first-order valence-corrected chi connectivity index (χ1v) is 6.19. The molecule has 0 aromatic heterocycles. The van der Waals surface area contributed by atoms with E-state index < -0.39 is 0 Å². The molecule has 1 N–H and O–H groups in total. The lowest BCUT2D eigenvalue weighted by Crippen LogP contribution is -2.37. The molecule has 0 fully saturated rings. The second-order valence-electron chi connectivity index (χ2n) is 5.39. The lowest BCUT2D eigenvalue weighted by Gasteiger charge is -2.29. The zero-order chi connectivity index (χ0) is 11.9. The van der Waals surface area contributed by atoms with Crippen molar-refractivity contribution in [3.8, 4) is 0 Å². The SMILES string of the molecule is CCNC(CCC(C)C)CC(C)(C)OC. The Morgan fingerprint density at radius 1 is 1.20 bits per heavy atom. The topological polar surface area (TPSA) is 21.3 Å². The van der Waals surface area contributed by atoms with E-state index in [1.807, 2.05) is 0 Å². The quantitative estimate of drug-likeness (QED) is 0.671. The van der Waals surface area contributed by atoms with Crippen molar-refractivity contribution in [3.63, 3.8) is 0 Å². The fraction of sp³-hybridized carbons (Fsp3) is 1.00. The van der Waals surface area contributed by atoms with Crippen LogP contribution in [-0.4, -0.2) is 25.3 Å². The van der Waals surface area contributed by atoms with Crippen LogP contribution < -0.4 is 5.32 Å². The number of ether oxygens (including phenoxy) is 1. The number of nitrogens with one attached hydrogen (secondary N) is 1. The molecular weight excluding hydrogens is 186 g/mol. The fourth-order valence-electron chi connectivity index (χ4n) is 1.78. The van der Waals surface area contributed by atoms with Crippen molar-refractivity contribution < 1.29 is 4.74 Å². The van der Waals surface area contributed by atoms with Crippen molar-refractivity contribution in [3.05, 3.63) is 0 Å². The number of rotatable bonds is 8. The third-order valence-corrected chi connectivity index (χ3v) is 2.88. The van der Waals surface area contributed by atoms with Gasteiger partial charge >= 0.3 is 0 Å². The molecule has 0 amide bonds. The van der Waals surface area contributed by atoms with Crippen LogP contribution in [0.1, 0.15) is 53.9 Å². The van der Waals surface area contributed by atoms with Crippen molar-refractivity contribution in [1.29, 1.82) is 0 Å². The summed E-state index contributed by atoms with van der Waals surface area (Å²) in [4.78, 5) is 0.